The molecule has 0 aliphatic carbocycles. The van der Waals surface area contributed by atoms with Crippen molar-refractivity contribution in [1.29, 1.82) is 0 Å². The van der Waals surface area contributed by atoms with Crippen LogP contribution in [0.4, 0.5) is 16.0 Å². The summed E-state index contributed by atoms with van der Waals surface area (Å²) in [6.07, 6.45) is 1.72. The van der Waals surface area contributed by atoms with E-state index in [0.717, 1.165) is 11.3 Å². The first-order chi connectivity index (χ1) is 7.56. The summed E-state index contributed by atoms with van der Waals surface area (Å²) in [5.41, 5.74) is 2.61. The van der Waals surface area contributed by atoms with Crippen molar-refractivity contribution in [3.05, 3.63) is 39.9 Å². The molecule has 0 bridgehead atoms. The molecule has 1 aromatic carbocycles. The van der Waals surface area contributed by atoms with Gasteiger partial charge in [0.1, 0.15) is 5.82 Å². The summed E-state index contributed by atoms with van der Waals surface area (Å²) in [5.74, 6) is 0.318. The summed E-state index contributed by atoms with van der Waals surface area (Å²) in [6.45, 7) is 3.82. The minimum atomic E-state index is -0.295. The number of benzene rings is 1. The average molecular weight is 284 g/mol. The Balaban J connectivity index is 2.31. The number of halogens is 2. The second kappa shape index (κ2) is 4.25. The highest BCUT2D eigenvalue weighted by atomic mass is 79.9. The molecular formula is C11H11BrFN3. The summed E-state index contributed by atoms with van der Waals surface area (Å²) in [5, 5.41) is 3.03. The fourth-order valence-corrected chi connectivity index (χ4v) is 1.84. The van der Waals surface area contributed by atoms with E-state index >= 15 is 0 Å². The molecule has 16 heavy (non-hydrogen) atoms. The van der Waals surface area contributed by atoms with Crippen molar-refractivity contribution < 1.29 is 4.39 Å². The van der Waals surface area contributed by atoms with E-state index in [9.17, 15) is 4.39 Å². The van der Waals surface area contributed by atoms with Crippen molar-refractivity contribution in [2.24, 2.45) is 0 Å². The van der Waals surface area contributed by atoms with E-state index in [1.807, 2.05) is 13.8 Å². The highest BCUT2D eigenvalue weighted by Gasteiger charge is 2.06. The van der Waals surface area contributed by atoms with Crippen LogP contribution >= 0.6 is 15.9 Å². The summed E-state index contributed by atoms with van der Waals surface area (Å²) < 4.78 is 13.8. The third kappa shape index (κ3) is 2.24. The van der Waals surface area contributed by atoms with E-state index in [0.29, 0.717) is 16.1 Å². The van der Waals surface area contributed by atoms with Crippen LogP contribution in [0.2, 0.25) is 0 Å². The first-order valence-electron chi connectivity index (χ1n) is 4.80. The number of nitrogens with zero attached hydrogens (tertiary/aromatic N) is 1. The van der Waals surface area contributed by atoms with Crippen LogP contribution in [0.1, 0.15) is 11.3 Å². The number of H-pyrrole nitrogens is 1. The largest absolute Gasteiger partial charge is 0.328 e. The third-order valence-corrected chi connectivity index (χ3v) is 2.83. The fraction of sp³-hybridized carbons (Fsp3) is 0.182. The van der Waals surface area contributed by atoms with Gasteiger partial charge in [-0.05, 0) is 47.5 Å². The second-order valence-electron chi connectivity index (χ2n) is 3.62. The number of imidazole rings is 1. The smallest absolute Gasteiger partial charge is 0.204 e. The summed E-state index contributed by atoms with van der Waals surface area (Å²) >= 11 is 3.14. The molecule has 1 aromatic heterocycles. The van der Waals surface area contributed by atoms with E-state index < -0.39 is 0 Å². The predicted octanol–water partition coefficient (Wildman–Crippen LogP) is 3.67. The van der Waals surface area contributed by atoms with Crippen LogP contribution in [0.15, 0.2) is 22.8 Å². The Morgan fingerprint density at radius 3 is 2.75 bits per heavy atom. The molecule has 2 aromatic rings. The van der Waals surface area contributed by atoms with Crippen LogP contribution in [0.5, 0.6) is 0 Å². The van der Waals surface area contributed by atoms with Crippen LogP contribution in [-0.2, 0) is 0 Å². The molecule has 3 nitrogen and oxygen atoms in total. The molecule has 2 rings (SSSR count). The lowest BCUT2D eigenvalue weighted by Crippen LogP contribution is -1.96. The Morgan fingerprint density at radius 2 is 2.12 bits per heavy atom. The van der Waals surface area contributed by atoms with Gasteiger partial charge in [-0.25, -0.2) is 9.37 Å². The van der Waals surface area contributed by atoms with E-state index in [4.69, 9.17) is 0 Å². The highest BCUT2D eigenvalue weighted by molar-refractivity contribution is 9.10. The molecule has 0 aliphatic rings. The maximum Gasteiger partial charge on any atom is 0.204 e. The third-order valence-electron chi connectivity index (χ3n) is 2.22. The molecule has 2 N–H and O–H groups in total. The quantitative estimate of drug-likeness (QED) is 0.883. The predicted molar refractivity (Wildman–Crippen MR) is 65.4 cm³/mol. The van der Waals surface area contributed by atoms with Crippen LogP contribution in [-0.4, -0.2) is 9.97 Å². The molecule has 1 heterocycles. The molecule has 0 unspecified atom stereocenters. The molecule has 0 aliphatic heterocycles. The van der Waals surface area contributed by atoms with Gasteiger partial charge in [0, 0.05) is 17.6 Å². The van der Waals surface area contributed by atoms with Gasteiger partial charge in [0.15, 0.2) is 0 Å². The number of hydrogen-bond acceptors (Lipinski definition) is 2. The molecule has 0 fully saturated rings. The summed E-state index contributed by atoms with van der Waals surface area (Å²) in [7, 11) is 0. The van der Waals surface area contributed by atoms with Crippen LogP contribution in [0, 0.1) is 19.7 Å². The highest BCUT2D eigenvalue weighted by Crippen LogP contribution is 2.25. The Bertz CT molecular complexity index is 522. The normalized spacial score (nSPS) is 10.5. The SMILES string of the molecule is Cc1cnc(Nc2cc(F)c(Br)cc2C)[nH]1. The number of hydrogen-bond donors (Lipinski definition) is 2. The number of rotatable bonds is 2. The van der Waals surface area contributed by atoms with Gasteiger partial charge < -0.3 is 10.3 Å². The van der Waals surface area contributed by atoms with Crippen LogP contribution < -0.4 is 5.32 Å². The number of anilines is 2. The van der Waals surface area contributed by atoms with Crippen molar-refractivity contribution in [2.75, 3.05) is 5.32 Å². The van der Waals surface area contributed by atoms with Gasteiger partial charge in [-0.2, -0.15) is 0 Å². The average Bonchev–Trinajstić information content (AvgIpc) is 2.60. The summed E-state index contributed by atoms with van der Waals surface area (Å²) in [4.78, 5) is 7.13. The lowest BCUT2D eigenvalue weighted by Gasteiger charge is -2.08. The zero-order valence-corrected chi connectivity index (χ0v) is 10.5. The van der Waals surface area contributed by atoms with Gasteiger partial charge in [0.2, 0.25) is 5.95 Å². The lowest BCUT2D eigenvalue weighted by atomic mass is 10.2. The molecule has 0 radical (unpaired) electrons. The zero-order chi connectivity index (χ0) is 11.7. The van der Waals surface area contributed by atoms with E-state index in [1.165, 1.54) is 6.07 Å². The number of nitrogens with one attached hydrogen (secondary N) is 2. The minimum absolute atomic E-state index is 0.295. The Hall–Kier alpha value is -1.36. The van der Waals surface area contributed by atoms with E-state index in [-0.39, 0.29) is 5.82 Å². The van der Waals surface area contributed by atoms with Crippen molar-refractivity contribution in [1.82, 2.24) is 9.97 Å². The molecular weight excluding hydrogens is 273 g/mol. The molecule has 84 valence electrons. The van der Waals surface area contributed by atoms with Crippen molar-refractivity contribution in [3.8, 4) is 0 Å². The van der Waals surface area contributed by atoms with Crippen molar-refractivity contribution >= 4 is 27.6 Å². The van der Waals surface area contributed by atoms with Gasteiger partial charge in [0.05, 0.1) is 4.47 Å². The number of aromatic amines is 1. The fourth-order valence-electron chi connectivity index (χ4n) is 1.38. The first kappa shape index (κ1) is 11.1. The Labute approximate surface area is 101 Å². The van der Waals surface area contributed by atoms with Crippen molar-refractivity contribution in [2.45, 2.75) is 13.8 Å². The van der Waals surface area contributed by atoms with Crippen molar-refractivity contribution in [3.63, 3.8) is 0 Å². The Kier molecular flexibility index (Phi) is 2.96. The minimum Gasteiger partial charge on any atom is -0.328 e. The van der Waals surface area contributed by atoms with Gasteiger partial charge in [-0.1, -0.05) is 0 Å². The second-order valence-corrected chi connectivity index (χ2v) is 4.48. The maximum atomic E-state index is 13.3. The van der Waals surface area contributed by atoms with Gasteiger partial charge in [0.25, 0.3) is 0 Å². The lowest BCUT2D eigenvalue weighted by molar-refractivity contribution is 0.621. The van der Waals surface area contributed by atoms with Crippen LogP contribution in [0.3, 0.4) is 0 Å². The van der Waals surface area contributed by atoms with Gasteiger partial charge >= 0.3 is 0 Å². The molecule has 0 amide bonds. The maximum absolute atomic E-state index is 13.3. The van der Waals surface area contributed by atoms with Crippen LogP contribution in [0.25, 0.3) is 0 Å². The topological polar surface area (TPSA) is 40.7 Å². The molecule has 0 atom stereocenters. The molecule has 5 heteroatoms. The number of aryl methyl sites for hydroxylation is 2. The molecule has 0 saturated carbocycles. The first-order valence-corrected chi connectivity index (χ1v) is 5.60. The van der Waals surface area contributed by atoms with Gasteiger partial charge in [-0.3, -0.25) is 0 Å². The molecule has 0 saturated heterocycles. The van der Waals surface area contributed by atoms with E-state index in [1.54, 1.807) is 12.3 Å². The Morgan fingerprint density at radius 1 is 1.38 bits per heavy atom. The standard InChI is InChI=1S/C11H11BrFN3/c1-6-3-8(12)9(13)4-10(6)16-11-14-5-7(2)15-11/h3-5H,1-2H3,(H2,14,15,16). The van der Waals surface area contributed by atoms with E-state index in [2.05, 4.69) is 31.2 Å². The monoisotopic (exact) mass is 283 g/mol. The number of aromatic nitrogens is 2. The zero-order valence-electron chi connectivity index (χ0n) is 8.94. The molecule has 0 spiro atoms. The summed E-state index contributed by atoms with van der Waals surface area (Å²) in [6, 6.07) is 3.17. The van der Waals surface area contributed by atoms with Gasteiger partial charge in [-0.15, -0.1) is 0 Å².